The zero-order valence-corrected chi connectivity index (χ0v) is 15.0. The summed E-state index contributed by atoms with van der Waals surface area (Å²) >= 11 is 0. The van der Waals surface area contributed by atoms with Crippen molar-refractivity contribution < 1.29 is 19.5 Å². The molecule has 136 valence electrons. The minimum absolute atomic E-state index is 0.0221. The zero-order valence-electron chi connectivity index (χ0n) is 15.0. The fourth-order valence-corrected chi connectivity index (χ4v) is 2.44. The number of amides is 2. The molecule has 0 radical (unpaired) electrons. The van der Waals surface area contributed by atoms with E-state index in [0.29, 0.717) is 16.8 Å². The number of benzene rings is 2. The van der Waals surface area contributed by atoms with Crippen molar-refractivity contribution in [2.45, 2.75) is 33.2 Å². The van der Waals surface area contributed by atoms with Gasteiger partial charge in [-0.3, -0.25) is 9.59 Å². The van der Waals surface area contributed by atoms with Crippen molar-refractivity contribution in [3.05, 3.63) is 64.7 Å². The summed E-state index contributed by atoms with van der Waals surface area (Å²) in [5, 5.41) is 14.5. The molecule has 3 N–H and O–H groups in total. The lowest BCUT2D eigenvalue weighted by molar-refractivity contribution is -0.115. The summed E-state index contributed by atoms with van der Waals surface area (Å²) in [6, 6.07) is 11.3. The molecule has 0 aromatic heterocycles. The van der Waals surface area contributed by atoms with E-state index in [1.807, 2.05) is 20.8 Å². The summed E-state index contributed by atoms with van der Waals surface area (Å²) < 4.78 is 0. The zero-order chi connectivity index (χ0) is 19.3. The molecule has 6 nitrogen and oxygen atoms in total. The number of hydrogen-bond acceptors (Lipinski definition) is 3. The second kappa shape index (κ2) is 8.29. The first-order chi connectivity index (χ1) is 12.3. The Balaban J connectivity index is 2.06. The third-order valence-electron chi connectivity index (χ3n) is 3.75. The predicted molar refractivity (Wildman–Crippen MR) is 99.5 cm³/mol. The van der Waals surface area contributed by atoms with Crippen LogP contribution >= 0.6 is 0 Å². The first-order valence-corrected chi connectivity index (χ1v) is 8.30. The third kappa shape index (κ3) is 5.17. The summed E-state index contributed by atoms with van der Waals surface area (Å²) in [5.74, 6) is -1.43. The van der Waals surface area contributed by atoms with Crippen LogP contribution in [0.2, 0.25) is 0 Å². The van der Waals surface area contributed by atoms with E-state index in [9.17, 15) is 14.4 Å². The third-order valence-corrected chi connectivity index (χ3v) is 3.75. The Kier molecular flexibility index (Phi) is 6.11. The normalized spacial score (nSPS) is 10.5. The lowest BCUT2D eigenvalue weighted by atomic mass is 10.1. The Morgan fingerprint density at radius 1 is 1.04 bits per heavy atom. The first-order valence-electron chi connectivity index (χ1n) is 8.30. The van der Waals surface area contributed by atoms with Crippen LogP contribution in [0.25, 0.3) is 0 Å². The van der Waals surface area contributed by atoms with Gasteiger partial charge in [0.15, 0.2) is 0 Å². The predicted octanol–water partition coefficient (Wildman–Crippen LogP) is 3.01. The van der Waals surface area contributed by atoms with Gasteiger partial charge in [0.25, 0.3) is 5.91 Å². The van der Waals surface area contributed by atoms with Crippen molar-refractivity contribution in [1.29, 1.82) is 0 Å². The Morgan fingerprint density at radius 3 is 2.27 bits per heavy atom. The van der Waals surface area contributed by atoms with Crippen molar-refractivity contribution in [3.63, 3.8) is 0 Å². The van der Waals surface area contributed by atoms with Gasteiger partial charge in [0.05, 0.1) is 12.0 Å². The van der Waals surface area contributed by atoms with E-state index in [4.69, 9.17) is 5.11 Å². The van der Waals surface area contributed by atoms with E-state index in [1.54, 1.807) is 30.3 Å². The molecule has 0 saturated carbocycles. The number of carbonyl (C=O) groups is 3. The highest BCUT2D eigenvalue weighted by Gasteiger charge is 2.12. The van der Waals surface area contributed by atoms with Crippen LogP contribution in [-0.2, 0) is 11.2 Å². The fourth-order valence-electron chi connectivity index (χ4n) is 2.44. The lowest BCUT2D eigenvalue weighted by Gasteiger charge is -2.12. The molecule has 0 aliphatic rings. The first kappa shape index (κ1) is 19.2. The molecule has 0 fully saturated rings. The molecule has 0 unspecified atom stereocenters. The van der Waals surface area contributed by atoms with E-state index >= 15 is 0 Å². The summed E-state index contributed by atoms with van der Waals surface area (Å²) in [7, 11) is 0. The minimum Gasteiger partial charge on any atom is -0.478 e. The van der Waals surface area contributed by atoms with Gasteiger partial charge in [0, 0.05) is 17.3 Å². The topological polar surface area (TPSA) is 95.5 Å². The van der Waals surface area contributed by atoms with Crippen LogP contribution in [0.1, 0.15) is 45.7 Å². The van der Waals surface area contributed by atoms with Crippen LogP contribution in [0, 0.1) is 6.92 Å². The average molecular weight is 354 g/mol. The van der Waals surface area contributed by atoms with Gasteiger partial charge in [0.2, 0.25) is 5.91 Å². The largest absolute Gasteiger partial charge is 0.478 e. The summed E-state index contributed by atoms with van der Waals surface area (Å²) in [6.07, 6.45) is 0.112. The number of nitrogens with one attached hydrogen (secondary N) is 2. The van der Waals surface area contributed by atoms with E-state index in [0.717, 1.165) is 5.56 Å². The standard InChI is InChI=1S/C20H22N2O4/c1-12(2)21-19(24)17-11-16(9-4-13(17)3)22-18(23)10-14-5-7-15(8-6-14)20(25)26/h4-9,11-12H,10H2,1-3H3,(H,21,24)(H,22,23)(H,25,26). The molecule has 2 rings (SSSR count). The number of carboxylic acid groups (broad SMARTS) is 1. The molecule has 0 aliphatic carbocycles. The van der Waals surface area contributed by atoms with Crippen LogP contribution in [0.15, 0.2) is 42.5 Å². The van der Waals surface area contributed by atoms with Gasteiger partial charge in [-0.2, -0.15) is 0 Å². The number of rotatable bonds is 6. The van der Waals surface area contributed by atoms with E-state index in [-0.39, 0.29) is 29.8 Å². The van der Waals surface area contributed by atoms with Gasteiger partial charge < -0.3 is 15.7 Å². The van der Waals surface area contributed by atoms with Gasteiger partial charge in [-0.1, -0.05) is 18.2 Å². The maximum Gasteiger partial charge on any atom is 0.335 e. The highest BCUT2D eigenvalue weighted by atomic mass is 16.4. The summed E-state index contributed by atoms with van der Waals surface area (Å²) in [4.78, 5) is 35.3. The number of carbonyl (C=O) groups excluding carboxylic acids is 2. The van der Waals surface area contributed by atoms with Crippen molar-refractivity contribution in [3.8, 4) is 0 Å². The number of aryl methyl sites for hydroxylation is 1. The molecule has 0 spiro atoms. The highest BCUT2D eigenvalue weighted by molar-refractivity contribution is 5.98. The molecule has 2 aromatic carbocycles. The van der Waals surface area contributed by atoms with E-state index in [1.165, 1.54) is 12.1 Å². The molecule has 0 bridgehead atoms. The SMILES string of the molecule is Cc1ccc(NC(=O)Cc2ccc(C(=O)O)cc2)cc1C(=O)NC(C)C. The molecule has 0 aliphatic heterocycles. The smallest absolute Gasteiger partial charge is 0.335 e. The van der Waals surface area contributed by atoms with Crippen molar-refractivity contribution >= 4 is 23.5 Å². The number of anilines is 1. The average Bonchev–Trinajstić information content (AvgIpc) is 2.56. The van der Waals surface area contributed by atoms with Gasteiger partial charge >= 0.3 is 5.97 Å². The maximum atomic E-state index is 12.2. The molecular weight excluding hydrogens is 332 g/mol. The molecule has 2 aromatic rings. The summed E-state index contributed by atoms with van der Waals surface area (Å²) in [5.41, 5.74) is 2.76. The van der Waals surface area contributed by atoms with Crippen LogP contribution in [0.5, 0.6) is 0 Å². The van der Waals surface area contributed by atoms with Crippen molar-refractivity contribution in [1.82, 2.24) is 5.32 Å². The minimum atomic E-state index is -1.01. The molecule has 2 amide bonds. The van der Waals surface area contributed by atoms with Gasteiger partial charge in [0.1, 0.15) is 0 Å². The number of hydrogen-bond donors (Lipinski definition) is 3. The van der Waals surface area contributed by atoms with E-state index in [2.05, 4.69) is 10.6 Å². The van der Waals surface area contributed by atoms with Crippen LogP contribution in [-0.4, -0.2) is 28.9 Å². The van der Waals surface area contributed by atoms with Crippen LogP contribution < -0.4 is 10.6 Å². The van der Waals surface area contributed by atoms with Crippen LogP contribution in [0.3, 0.4) is 0 Å². The molecule has 6 heteroatoms. The molecule has 0 heterocycles. The van der Waals surface area contributed by atoms with Gasteiger partial charge in [-0.25, -0.2) is 4.79 Å². The van der Waals surface area contributed by atoms with E-state index < -0.39 is 5.97 Å². The van der Waals surface area contributed by atoms with Gasteiger partial charge in [-0.05, 0) is 56.2 Å². The van der Waals surface area contributed by atoms with Crippen molar-refractivity contribution in [2.24, 2.45) is 0 Å². The van der Waals surface area contributed by atoms with Crippen molar-refractivity contribution in [2.75, 3.05) is 5.32 Å². The molecule has 26 heavy (non-hydrogen) atoms. The van der Waals surface area contributed by atoms with Crippen LogP contribution in [0.4, 0.5) is 5.69 Å². The molecule has 0 saturated heterocycles. The number of aromatic carboxylic acids is 1. The van der Waals surface area contributed by atoms with Gasteiger partial charge in [-0.15, -0.1) is 0 Å². The summed E-state index contributed by atoms with van der Waals surface area (Å²) in [6.45, 7) is 5.60. The Labute approximate surface area is 152 Å². The maximum absolute atomic E-state index is 12.2. The monoisotopic (exact) mass is 354 g/mol. The number of carboxylic acids is 1. The highest BCUT2D eigenvalue weighted by Crippen LogP contribution is 2.16. The quantitative estimate of drug-likeness (QED) is 0.743. The molecule has 0 atom stereocenters. The lowest BCUT2D eigenvalue weighted by Crippen LogP contribution is -2.30. The second-order valence-electron chi connectivity index (χ2n) is 6.38. The Morgan fingerprint density at radius 2 is 1.69 bits per heavy atom. The fraction of sp³-hybridized carbons (Fsp3) is 0.250. The second-order valence-corrected chi connectivity index (χ2v) is 6.38. The molecular formula is C20H22N2O4. The Hall–Kier alpha value is -3.15. The Bertz CT molecular complexity index is 826.